The standard InChI is InChI=1S/C11H15ClO2S/c1-8-6-9(2)11(10(3)7-8)4-5-15(12,13)14/h6-7H,4-5H2,1-3H3. The topological polar surface area (TPSA) is 34.1 Å². The van der Waals surface area contributed by atoms with Gasteiger partial charge in [0.05, 0.1) is 5.75 Å². The molecule has 0 saturated heterocycles. The fourth-order valence-corrected chi connectivity index (χ4v) is 2.51. The lowest BCUT2D eigenvalue weighted by molar-refractivity contribution is 0.608. The van der Waals surface area contributed by atoms with Crippen LogP contribution in [-0.2, 0) is 15.5 Å². The van der Waals surface area contributed by atoms with Crippen molar-refractivity contribution in [3.63, 3.8) is 0 Å². The summed E-state index contributed by atoms with van der Waals surface area (Å²) in [5.74, 6) is -0.000698. The first-order chi connectivity index (χ1) is 6.79. The van der Waals surface area contributed by atoms with Gasteiger partial charge in [0.25, 0.3) is 0 Å². The van der Waals surface area contributed by atoms with Crippen LogP contribution in [0.2, 0.25) is 0 Å². The van der Waals surface area contributed by atoms with Gasteiger partial charge in [-0.15, -0.1) is 0 Å². The third-order valence-electron chi connectivity index (χ3n) is 2.44. The van der Waals surface area contributed by atoms with Gasteiger partial charge < -0.3 is 0 Å². The molecule has 0 spiro atoms. The first-order valence-electron chi connectivity index (χ1n) is 4.78. The summed E-state index contributed by atoms with van der Waals surface area (Å²) in [4.78, 5) is 0. The van der Waals surface area contributed by atoms with Crippen molar-refractivity contribution in [1.82, 2.24) is 0 Å². The minimum absolute atomic E-state index is 0.000698. The lowest BCUT2D eigenvalue weighted by Crippen LogP contribution is -2.04. The van der Waals surface area contributed by atoms with Crippen LogP contribution in [0.25, 0.3) is 0 Å². The molecule has 4 heteroatoms. The zero-order chi connectivity index (χ0) is 11.6. The van der Waals surface area contributed by atoms with Gasteiger partial charge in [-0.05, 0) is 43.9 Å². The van der Waals surface area contributed by atoms with Crippen LogP contribution in [0.15, 0.2) is 12.1 Å². The van der Waals surface area contributed by atoms with Gasteiger partial charge in [-0.3, -0.25) is 0 Å². The molecular formula is C11H15ClO2S. The third kappa shape index (κ3) is 3.84. The molecule has 0 fully saturated rings. The normalized spacial score (nSPS) is 11.7. The van der Waals surface area contributed by atoms with E-state index >= 15 is 0 Å². The second-order valence-electron chi connectivity index (χ2n) is 3.87. The Labute approximate surface area is 95.7 Å². The molecule has 0 saturated carbocycles. The fourth-order valence-electron chi connectivity index (χ4n) is 1.83. The molecule has 1 rings (SSSR count). The van der Waals surface area contributed by atoms with E-state index in [0.717, 1.165) is 16.7 Å². The molecule has 0 radical (unpaired) electrons. The van der Waals surface area contributed by atoms with E-state index in [9.17, 15) is 8.42 Å². The predicted molar refractivity (Wildman–Crippen MR) is 64.0 cm³/mol. The highest BCUT2D eigenvalue weighted by atomic mass is 35.7. The van der Waals surface area contributed by atoms with Crippen LogP contribution in [0.1, 0.15) is 22.3 Å². The molecule has 0 aromatic heterocycles. The van der Waals surface area contributed by atoms with Crippen LogP contribution in [0.5, 0.6) is 0 Å². The van der Waals surface area contributed by atoms with Gasteiger partial charge in [0.15, 0.2) is 0 Å². The van der Waals surface area contributed by atoms with E-state index in [-0.39, 0.29) is 5.75 Å². The Morgan fingerprint density at radius 3 is 2.00 bits per heavy atom. The van der Waals surface area contributed by atoms with Gasteiger partial charge in [-0.1, -0.05) is 17.7 Å². The number of hydrogen-bond acceptors (Lipinski definition) is 2. The summed E-state index contributed by atoms with van der Waals surface area (Å²) in [6.07, 6.45) is 0.490. The first kappa shape index (κ1) is 12.5. The van der Waals surface area contributed by atoms with E-state index in [4.69, 9.17) is 10.7 Å². The average molecular weight is 247 g/mol. The van der Waals surface area contributed by atoms with Crippen molar-refractivity contribution in [3.05, 3.63) is 34.4 Å². The first-order valence-corrected chi connectivity index (χ1v) is 7.26. The molecule has 1 aromatic carbocycles. The molecule has 0 heterocycles. The Kier molecular flexibility index (Phi) is 3.79. The van der Waals surface area contributed by atoms with E-state index in [1.54, 1.807) is 0 Å². The van der Waals surface area contributed by atoms with Gasteiger partial charge in [-0.25, -0.2) is 8.42 Å². The SMILES string of the molecule is Cc1cc(C)c(CCS(=O)(=O)Cl)c(C)c1. The van der Waals surface area contributed by atoms with Crippen molar-refractivity contribution in [2.24, 2.45) is 0 Å². The molecule has 84 valence electrons. The minimum atomic E-state index is -3.39. The molecule has 0 bridgehead atoms. The quantitative estimate of drug-likeness (QED) is 0.769. The van der Waals surface area contributed by atoms with E-state index in [1.165, 1.54) is 5.56 Å². The minimum Gasteiger partial charge on any atom is -0.212 e. The predicted octanol–water partition coefficient (Wildman–Crippen LogP) is 2.72. The number of aryl methyl sites for hydroxylation is 3. The van der Waals surface area contributed by atoms with Crippen molar-refractivity contribution in [2.45, 2.75) is 27.2 Å². The Balaban J connectivity index is 2.96. The van der Waals surface area contributed by atoms with Crippen LogP contribution in [0.3, 0.4) is 0 Å². The molecule has 15 heavy (non-hydrogen) atoms. The zero-order valence-electron chi connectivity index (χ0n) is 9.17. The fraction of sp³-hybridized carbons (Fsp3) is 0.455. The van der Waals surface area contributed by atoms with Gasteiger partial charge in [0.2, 0.25) is 9.05 Å². The van der Waals surface area contributed by atoms with Crippen molar-refractivity contribution in [1.29, 1.82) is 0 Å². The largest absolute Gasteiger partial charge is 0.232 e. The van der Waals surface area contributed by atoms with Gasteiger partial charge in [0.1, 0.15) is 0 Å². The molecule has 0 N–H and O–H groups in total. The van der Waals surface area contributed by atoms with Crippen molar-refractivity contribution in [2.75, 3.05) is 5.75 Å². The molecule has 0 atom stereocenters. The number of hydrogen-bond donors (Lipinski definition) is 0. The van der Waals surface area contributed by atoms with Crippen molar-refractivity contribution >= 4 is 19.7 Å². The third-order valence-corrected chi connectivity index (χ3v) is 3.59. The molecular weight excluding hydrogens is 232 g/mol. The summed E-state index contributed by atoms with van der Waals surface area (Å²) in [6.45, 7) is 6.02. The highest BCUT2D eigenvalue weighted by molar-refractivity contribution is 8.13. The van der Waals surface area contributed by atoms with Crippen LogP contribution in [-0.4, -0.2) is 14.2 Å². The molecule has 0 aliphatic carbocycles. The van der Waals surface area contributed by atoms with Crippen LogP contribution >= 0.6 is 10.7 Å². The summed E-state index contributed by atoms with van der Waals surface area (Å²) in [7, 11) is 1.80. The maximum absolute atomic E-state index is 10.9. The Morgan fingerprint density at radius 2 is 1.60 bits per heavy atom. The summed E-state index contributed by atoms with van der Waals surface area (Å²) >= 11 is 0. The zero-order valence-corrected chi connectivity index (χ0v) is 10.7. The highest BCUT2D eigenvalue weighted by Gasteiger charge is 2.09. The van der Waals surface area contributed by atoms with E-state index < -0.39 is 9.05 Å². The molecule has 0 aliphatic heterocycles. The Morgan fingerprint density at radius 1 is 1.13 bits per heavy atom. The smallest absolute Gasteiger partial charge is 0.212 e. The number of halogens is 1. The maximum atomic E-state index is 10.9. The molecule has 2 nitrogen and oxygen atoms in total. The van der Waals surface area contributed by atoms with E-state index in [2.05, 4.69) is 12.1 Å². The Bertz CT molecular complexity index is 440. The molecule has 0 amide bonds. The second-order valence-corrected chi connectivity index (χ2v) is 6.77. The van der Waals surface area contributed by atoms with E-state index in [0.29, 0.717) is 6.42 Å². The van der Waals surface area contributed by atoms with Crippen LogP contribution in [0.4, 0.5) is 0 Å². The summed E-state index contributed by atoms with van der Waals surface area (Å²) in [5.41, 5.74) is 4.55. The van der Waals surface area contributed by atoms with Gasteiger partial charge in [0, 0.05) is 10.7 Å². The Hall–Kier alpha value is -0.540. The lowest BCUT2D eigenvalue weighted by atomic mass is 9.98. The summed E-state index contributed by atoms with van der Waals surface area (Å²) in [5, 5.41) is 0. The maximum Gasteiger partial charge on any atom is 0.232 e. The summed E-state index contributed by atoms with van der Waals surface area (Å²) < 4.78 is 21.7. The lowest BCUT2D eigenvalue weighted by Gasteiger charge is -2.10. The van der Waals surface area contributed by atoms with E-state index in [1.807, 2.05) is 20.8 Å². The van der Waals surface area contributed by atoms with Crippen molar-refractivity contribution in [3.8, 4) is 0 Å². The second kappa shape index (κ2) is 4.54. The highest BCUT2D eigenvalue weighted by Crippen LogP contribution is 2.17. The summed E-state index contributed by atoms with van der Waals surface area (Å²) in [6, 6.07) is 4.12. The van der Waals surface area contributed by atoms with Crippen molar-refractivity contribution < 1.29 is 8.42 Å². The molecule has 1 aromatic rings. The monoisotopic (exact) mass is 246 g/mol. The number of rotatable bonds is 3. The number of benzene rings is 1. The average Bonchev–Trinajstić information content (AvgIpc) is 1.99. The molecule has 0 aliphatic rings. The van der Waals surface area contributed by atoms with Crippen LogP contribution in [0, 0.1) is 20.8 Å². The van der Waals surface area contributed by atoms with Gasteiger partial charge >= 0.3 is 0 Å². The van der Waals surface area contributed by atoms with Crippen LogP contribution < -0.4 is 0 Å². The molecule has 0 unspecified atom stereocenters. The van der Waals surface area contributed by atoms with Gasteiger partial charge in [-0.2, -0.15) is 0 Å².